The number of likely N-dealkylation sites (tertiary alicyclic amines) is 1. The predicted molar refractivity (Wildman–Crippen MR) is 153 cm³/mol. The number of ketones is 1. The van der Waals surface area contributed by atoms with Gasteiger partial charge in [-0.3, -0.25) is 19.1 Å². The van der Waals surface area contributed by atoms with Crippen molar-refractivity contribution in [2.75, 3.05) is 5.32 Å². The van der Waals surface area contributed by atoms with Crippen LogP contribution in [0, 0.1) is 25.1 Å². The summed E-state index contributed by atoms with van der Waals surface area (Å²) in [6, 6.07) is 5.67. The number of fused-ring (bicyclic) bond motifs is 2. The number of benzene rings is 1. The maximum Gasteiger partial charge on any atom is 0.248 e. The van der Waals surface area contributed by atoms with Crippen molar-refractivity contribution >= 4 is 50.2 Å². The average molecular weight is 620 g/mol. The molecule has 3 aromatic heterocycles. The summed E-state index contributed by atoms with van der Waals surface area (Å²) in [4.78, 5) is 54.0. The summed E-state index contributed by atoms with van der Waals surface area (Å²) in [5, 5.41) is 7.71. The first-order chi connectivity index (χ1) is 19.4. The van der Waals surface area contributed by atoms with Gasteiger partial charge in [0.25, 0.3) is 0 Å². The summed E-state index contributed by atoms with van der Waals surface area (Å²) in [6.07, 6.45) is 4.36. The molecule has 0 bridgehead atoms. The van der Waals surface area contributed by atoms with E-state index in [1.807, 2.05) is 13.0 Å². The fraction of sp³-hybridized carbons (Fsp3) is 0.345. The van der Waals surface area contributed by atoms with E-state index >= 15 is 4.39 Å². The SMILES string of the molecule is CC(=O)c1nn(CC(=O)N2[C@H](C(=O)Nc3nc(Br)ccc3C)C[C@@]3(C)C[C@@H]23)c2cc(F)c(-c3cnc(C)nc3)cc12. The smallest absolute Gasteiger partial charge is 0.248 e. The van der Waals surface area contributed by atoms with E-state index in [1.54, 1.807) is 24.0 Å². The van der Waals surface area contributed by atoms with E-state index in [1.165, 1.54) is 30.1 Å². The van der Waals surface area contributed by atoms with Crippen LogP contribution in [0.1, 0.15) is 48.6 Å². The van der Waals surface area contributed by atoms with Crippen LogP contribution in [0.25, 0.3) is 22.0 Å². The summed E-state index contributed by atoms with van der Waals surface area (Å²) < 4.78 is 17.3. The van der Waals surface area contributed by atoms with Crippen molar-refractivity contribution in [3.05, 3.63) is 64.2 Å². The van der Waals surface area contributed by atoms with Crippen LogP contribution < -0.4 is 5.32 Å². The highest BCUT2D eigenvalue weighted by atomic mass is 79.9. The van der Waals surface area contributed by atoms with Crippen LogP contribution in [0.5, 0.6) is 0 Å². The Morgan fingerprint density at radius 3 is 2.59 bits per heavy atom. The summed E-state index contributed by atoms with van der Waals surface area (Å²) in [5.41, 5.74) is 1.78. The van der Waals surface area contributed by atoms with Gasteiger partial charge in [0.15, 0.2) is 5.78 Å². The molecule has 0 radical (unpaired) electrons. The topological polar surface area (TPSA) is 123 Å². The Labute approximate surface area is 243 Å². The molecule has 1 N–H and O–H groups in total. The van der Waals surface area contributed by atoms with Crippen molar-refractivity contribution in [2.24, 2.45) is 5.41 Å². The van der Waals surface area contributed by atoms with Gasteiger partial charge in [-0.25, -0.2) is 19.3 Å². The van der Waals surface area contributed by atoms with Gasteiger partial charge in [-0.15, -0.1) is 0 Å². The molecule has 1 aromatic carbocycles. The fourth-order valence-electron chi connectivity index (χ4n) is 5.73. The number of pyridine rings is 1. The molecule has 10 nitrogen and oxygen atoms in total. The third-order valence-corrected chi connectivity index (χ3v) is 8.52. The standard InChI is InChI=1S/C29H27BrFN7O3/c1-14-5-6-24(30)34-27(14)35-28(41)22-9-29(4)10-23(29)38(22)25(40)13-37-21-8-20(31)18(17-11-32-16(3)33-12-17)7-19(21)26(36-37)15(2)39/h5-8,11-12,22-23H,9-10,13H2,1-4H3,(H,34,35,41)/t22-,23+,29-/m0/s1. The number of rotatable bonds is 6. The van der Waals surface area contributed by atoms with Crippen molar-refractivity contribution < 1.29 is 18.8 Å². The molecular formula is C29H27BrFN7O3. The molecule has 1 aliphatic heterocycles. The van der Waals surface area contributed by atoms with Crippen molar-refractivity contribution in [3.63, 3.8) is 0 Å². The molecule has 12 heteroatoms. The number of hydrogen-bond acceptors (Lipinski definition) is 7. The molecule has 3 atom stereocenters. The molecule has 6 rings (SSSR count). The molecule has 0 spiro atoms. The molecule has 4 heterocycles. The predicted octanol–water partition coefficient (Wildman–Crippen LogP) is 4.63. The lowest BCUT2D eigenvalue weighted by atomic mass is 10.0. The Kier molecular flexibility index (Phi) is 6.48. The number of aryl methyl sites for hydroxylation is 2. The summed E-state index contributed by atoms with van der Waals surface area (Å²) in [6.45, 7) is 6.77. The number of halogens is 2. The third kappa shape index (κ3) is 4.79. The molecule has 2 aliphatic rings. The molecule has 4 aromatic rings. The minimum atomic E-state index is -0.689. The largest absolute Gasteiger partial charge is 0.325 e. The van der Waals surface area contributed by atoms with Crippen LogP contribution in [0.4, 0.5) is 10.2 Å². The van der Waals surface area contributed by atoms with Gasteiger partial charge in [0.2, 0.25) is 11.8 Å². The molecule has 2 amide bonds. The van der Waals surface area contributed by atoms with Gasteiger partial charge in [0.1, 0.15) is 40.3 Å². The number of Topliss-reactive ketones (excluding diaryl/α,β-unsaturated/α-hetero) is 1. The first kappa shape index (κ1) is 27.1. The van der Waals surface area contributed by atoms with E-state index in [0.29, 0.717) is 39.1 Å². The monoisotopic (exact) mass is 619 g/mol. The van der Waals surface area contributed by atoms with Crippen LogP contribution >= 0.6 is 15.9 Å². The highest BCUT2D eigenvalue weighted by Gasteiger charge is 2.64. The number of anilines is 1. The van der Waals surface area contributed by atoms with E-state index < -0.39 is 11.9 Å². The zero-order chi connectivity index (χ0) is 29.2. The second-order valence-electron chi connectivity index (χ2n) is 11.1. The lowest BCUT2D eigenvalue weighted by Crippen LogP contribution is -2.47. The zero-order valence-corrected chi connectivity index (χ0v) is 24.5. The van der Waals surface area contributed by atoms with E-state index in [-0.39, 0.29) is 46.9 Å². The number of hydrogen-bond donors (Lipinski definition) is 1. The Morgan fingerprint density at radius 1 is 1.15 bits per heavy atom. The van der Waals surface area contributed by atoms with Gasteiger partial charge in [-0.2, -0.15) is 5.10 Å². The molecule has 41 heavy (non-hydrogen) atoms. The quantitative estimate of drug-likeness (QED) is 0.246. The Balaban J connectivity index is 1.31. The average Bonchev–Trinajstić information content (AvgIpc) is 3.29. The van der Waals surface area contributed by atoms with E-state index in [4.69, 9.17) is 0 Å². The Bertz CT molecular complexity index is 1760. The lowest BCUT2D eigenvalue weighted by molar-refractivity contribution is -0.138. The molecular weight excluding hydrogens is 593 g/mol. The molecule has 0 unspecified atom stereocenters. The molecule has 1 aliphatic carbocycles. The summed E-state index contributed by atoms with van der Waals surface area (Å²) in [7, 11) is 0. The van der Waals surface area contributed by atoms with Crippen LogP contribution in [0.2, 0.25) is 0 Å². The zero-order valence-electron chi connectivity index (χ0n) is 22.9. The third-order valence-electron chi connectivity index (χ3n) is 8.08. The number of piperidine rings is 1. The van der Waals surface area contributed by atoms with Gasteiger partial charge in [-0.1, -0.05) is 13.0 Å². The van der Waals surface area contributed by atoms with Gasteiger partial charge >= 0.3 is 0 Å². The fourth-order valence-corrected chi connectivity index (χ4v) is 6.04. The molecule has 1 saturated heterocycles. The van der Waals surface area contributed by atoms with Crippen LogP contribution in [-0.2, 0) is 16.1 Å². The second kappa shape index (κ2) is 9.79. The van der Waals surface area contributed by atoms with Crippen molar-refractivity contribution in [2.45, 2.75) is 59.2 Å². The maximum atomic E-state index is 15.4. The normalized spacial score (nSPS) is 21.2. The Morgan fingerprint density at radius 2 is 1.88 bits per heavy atom. The van der Waals surface area contributed by atoms with Crippen LogP contribution in [0.15, 0.2) is 41.3 Å². The van der Waals surface area contributed by atoms with E-state index in [9.17, 15) is 14.4 Å². The number of nitrogens with one attached hydrogen (secondary N) is 1. The number of aromatic nitrogens is 5. The number of carbonyl (C=O) groups excluding carboxylic acids is 3. The highest BCUT2D eigenvalue weighted by Crippen LogP contribution is 2.59. The molecule has 1 saturated carbocycles. The highest BCUT2D eigenvalue weighted by molar-refractivity contribution is 9.10. The van der Waals surface area contributed by atoms with Crippen molar-refractivity contribution in [1.29, 1.82) is 0 Å². The summed E-state index contributed by atoms with van der Waals surface area (Å²) in [5.74, 6) is -0.535. The molecule has 210 valence electrons. The first-order valence-corrected chi connectivity index (χ1v) is 14.0. The number of amides is 2. The van der Waals surface area contributed by atoms with Crippen LogP contribution in [0.3, 0.4) is 0 Å². The number of nitrogens with zero attached hydrogens (tertiary/aromatic N) is 6. The second-order valence-corrected chi connectivity index (χ2v) is 11.9. The lowest BCUT2D eigenvalue weighted by Gasteiger charge is -2.27. The van der Waals surface area contributed by atoms with Crippen LogP contribution in [-0.4, -0.2) is 59.3 Å². The molecule has 2 fully saturated rings. The van der Waals surface area contributed by atoms with Gasteiger partial charge in [0, 0.05) is 47.9 Å². The first-order valence-electron chi connectivity index (χ1n) is 13.2. The number of carbonyl (C=O) groups is 3. The minimum absolute atomic E-state index is 0.0821. The van der Waals surface area contributed by atoms with Gasteiger partial charge < -0.3 is 10.2 Å². The Hall–Kier alpha value is -4.06. The minimum Gasteiger partial charge on any atom is -0.325 e. The summed E-state index contributed by atoms with van der Waals surface area (Å²) >= 11 is 3.33. The van der Waals surface area contributed by atoms with E-state index in [2.05, 4.69) is 48.2 Å². The maximum absolute atomic E-state index is 15.4. The van der Waals surface area contributed by atoms with Gasteiger partial charge in [0.05, 0.1) is 5.52 Å². The van der Waals surface area contributed by atoms with Crippen molar-refractivity contribution in [1.82, 2.24) is 29.6 Å². The van der Waals surface area contributed by atoms with Crippen molar-refractivity contribution in [3.8, 4) is 11.1 Å². The van der Waals surface area contributed by atoms with E-state index in [0.717, 1.165) is 12.0 Å². The van der Waals surface area contributed by atoms with Gasteiger partial charge in [-0.05, 0) is 65.7 Å².